The van der Waals surface area contributed by atoms with E-state index in [9.17, 15) is 0 Å². The predicted octanol–water partition coefficient (Wildman–Crippen LogP) is 4.39. The first-order chi connectivity index (χ1) is 8.72. The minimum Gasteiger partial charge on any atom is -0.490 e. The fourth-order valence-corrected chi connectivity index (χ4v) is 2.15. The van der Waals surface area contributed by atoms with Gasteiger partial charge >= 0.3 is 0 Å². The normalized spacial score (nSPS) is 11.1. The van der Waals surface area contributed by atoms with E-state index in [0.717, 1.165) is 25.1 Å². The van der Waals surface area contributed by atoms with Gasteiger partial charge < -0.3 is 9.30 Å². The monoisotopic (exact) mass is 243 g/mol. The molecular weight excluding hydrogens is 222 g/mol. The van der Waals surface area contributed by atoms with Gasteiger partial charge in [0.1, 0.15) is 5.75 Å². The van der Waals surface area contributed by atoms with Gasteiger partial charge in [0.25, 0.3) is 0 Å². The zero-order valence-corrected chi connectivity index (χ0v) is 11.2. The largest absolute Gasteiger partial charge is 0.490 e. The number of nitrogens with zero attached hydrogens (tertiary/aromatic N) is 1. The molecule has 0 unspecified atom stereocenters. The number of hydrogen-bond acceptors (Lipinski definition) is 1. The van der Waals surface area contributed by atoms with Crippen LogP contribution in [0, 0.1) is 0 Å². The molecule has 1 aromatic heterocycles. The van der Waals surface area contributed by atoms with Gasteiger partial charge in [-0.3, -0.25) is 0 Å². The van der Waals surface area contributed by atoms with Crippen molar-refractivity contribution in [1.29, 1.82) is 0 Å². The van der Waals surface area contributed by atoms with Crippen molar-refractivity contribution in [2.24, 2.45) is 0 Å². The Kier molecular flexibility index (Phi) is 4.08. The van der Waals surface area contributed by atoms with Crippen molar-refractivity contribution in [3.63, 3.8) is 0 Å². The molecule has 0 aliphatic heterocycles. The molecule has 0 aliphatic rings. The number of aromatic nitrogens is 1. The fraction of sp³-hybridized carbons (Fsp3) is 0.375. The Morgan fingerprint density at radius 2 is 2.17 bits per heavy atom. The SMILES string of the molecule is C=CCCCn1ccc2c(OC(C)C)cccc21. The van der Waals surface area contributed by atoms with Crippen LogP contribution in [0.1, 0.15) is 26.7 Å². The van der Waals surface area contributed by atoms with E-state index in [2.05, 4.69) is 49.4 Å². The second-order valence-electron chi connectivity index (χ2n) is 4.80. The quantitative estimate of drug-likeness (QED) is 0.542. The van der Waals surface area contributed by atoms with E-state index < -0.39 is 0 Å². The van der Waals surface area contributed by atoms with Gasteiger partial charge in [0, 0.05) is 18.1 Å². The van der Waals surface area contributed by atoms with E-state index in [-0.39, 0.29) is 6.10 Å². The lowest BCUT2D eigenvalue weighted by Crippen LogP contribution is -2.05. The summed E-state index contributed by atoms with van der Waals surface area (Å²) in [6, 6.07) is 8.39. The molecule has 2 aromatic rings. The maximum Gasteiger partial charge on any atom is 0.129 e. The van der Waals surface area contributed by atoms with Crippen LogP contribution >= 0.6 is 0 Å². The molecule has 0 fully saturated rings. The van der Waals surface area contributed by atoms with Gasteiger partial charge in [0.2, 0.25) is 0 Å². The lowest BCUT2D eigenvalue weighted by Gasteiger charge is -2.11. The van der Waals surface area contributed by atoms with Crippen LogP contribution in [-0.2, 0) is 6.54 Å². The summed E-state index contributed by atoms with van der Waals surface area (Å²) in [5.74, 6) is 0.977. The van der Waals surface area contributed by atoms with E-state index in [4.69, 9.17) is 4.74 Å². The molecule has 2 rings (SSSR count). The van der Waals surface area contributed by atoms with Crippen molar-refractivity contribution in [3.05, 3.63) is 43.1 Å². The Balaban J connectivity index is 2.26. The molecule has 0 aliphatic carbocycles. The highest BCUT2D eigenvalue weighted by Crippen LogP contribution is 2.27. The third kappa shape index (κ3) is 2.76. The van der Waals surface area contributed by atoms with Crippen LogP contribution in [-0.4, -0.2) is 10.7 Å². The molecule has 0 N–H and O–H groups in total. The molecule has 2 nitrogen and oxygen atoms in total. The Morgan fingerprint density at radius 1 is 1.33 bits per heavy atom. The van der Waals surface area contributed by atoms with E-state index in [0.29, 0.717) is 0 Å². The topological polar surface area (TPSA) is 14.2 Å². The summed E-state index contributed by atoms with van der Waals surface area (Å²) in [6.45, 7) is 8.90. The van der Waals surface area contributed by atoms with Crippen LogP contribution in [0.15, 0.2) is 43.1 Å². The van der Waals surface area contributed by atoms with Crippen LogP contribution in [0.3, 0.4) is 0 Å². The Hall–Kier alpha value is -1.70. The first kappa shape index (κ1) is 12.7. The molecule has 0 atom stereocenters. The molecule has 0 saturated heterocycles. The highest BCUT2D eigenvalue weighted by Gasteiger charge is 2.07. The summed E-state index contributed by atoms with van der Waals surface area (Å²) >= 11 is 0. The molecule has 0 spiro atoms. The standard InChI is InChI=1S/C16H21NO/c1-4-5-6-11-17-12-10-14-15(17)8-7-9-16(14)18-13(2)3/h4,7-10,12-13H,1,5-6,11H2,2-3H3. The summed E-state index contributed by atoms with van der Waals surface area (Å²) in [5.41, 5.74) is 1.25. The van der Waals surface area contributed by atoms with Gasteiger partial charge in [0.05, 0.1) is 11.6 Å². The fourth-order valence-electron chi connectivity index (χ4n) is 2.15. The van der Waals surface area contributed by atoms with Gasteiger partial charge in [-0.05, 0) is 44.9 Å². The predicted molar refractivity (Wildman–Crippen MR) is 77.1 cm³/mol. The average Bonchev–Trinajstić information content (AvgIpc) is 2.74. The van der Waals surface area contributed by atoms with Gasteiger partial charge in [0.15, 0.2) is 0 Å². The molecule has 0 saturated carbocycles. The van der Waals surface area contributed by atoms with Crippen LogP contribution in [0.4, 0.5) is 0 Å². The van der Waals surface area contributed by atoms with Crippen molar-refractivity contribution in [3.8, 4) is 5.75 Å². The number of fused-ring (bicyclic) bond motifs is 1. The van der Waals surface area contributed by atoms with Crippen molar-refractivity contribution in [2.75, 3.05) is 0 Å². The van der Waals surface area contributed by atoms with Gasteiger partial charge in [-0.1, -0.05) is 12.1 Å². The second kappa shape index (κ2) is 5.76. The van der Waals surface area contributed by atoms with Crippen LogP contribution in [0.2, 0.25) is 0 Å². The number of rotatable bonds is 6. The molecule has 1 heterocycles. The molecule has 0 amide bonds. The van der Waals surface area contributed by atoms with E-state index in [1.807, 2.05) is 12.1 Å². The van der Waals surface area contributed by atoms with E-state index >= 15 is 0 Å². The smallest absolute Gasteiger partial charge is 0.129 e. The molecule has 18 heavy (non-hydrogen) atoms. The Labute approximate surface area is 109 Å². The van der Waals surface area contributed by atoms with E-state index in [1.54, 1.807) is 0 Å². The second-order valence-corrected chi connectivity index (χ2v) is 4.80. The highest BCUT2D eigenvalue weighted by molar-refractivity contribution is 5.86. The van der Waals surface area contributed by atoms with Gasteiger partial charge in [-0.25, -0.2) is 0 Å². The number of aryl methyl sites for hydroxylation is 1. The minimum atomic E-state index is 0.208. The number of hydrogen-bond donors (Lipinski definition) is 0. The van der Waals surface area contributed by atoms with E-state index in [1.165, 1.54) is 10.9 Å². The van der Waals surface area contributed by atoms with Gasteiger partial charge in [-0.15, -0.1) is 6.58 Å². The molecule has 0 radical (unpaired) electrons. The van der Waals surface area contributed by atoms with Crippen molar-refractivity contribution in [2.45, 2.75) is 39.3 Å². The molecule has 0 bridgehead atoms. The van der Waals surface area contributed by atoms with Crippen molar-refractivity contribution in [1.82, 2.24) is 4.57 Å². The number of benzene rings is 1. The zero-order valence-electron chi connectivity index (χ0n) is 11.2. The number of allylic oxidation sites excluding steroid dienone is 1. The van der Waals surface area contributed by atoms with Crippen LogP contribution in [0.5, 0.6) is 5.75 Å². The molecule has 96 valence electrons. The molecular formula is C16H21NO. The third-order valence-electron chi connectivity index (χ3n) is 2.94. The lowest BCUT2D eigenvalue weighted by atomic mass is 10.2. The number of unbranched alkanes of at least 4 members (excludes halogenated alkanes) is 1. The van der Waals surface area contributed by atoms with Crippen molar-refractivity contribution >= 4 is 10.9 Å². The molecule has 1 aromatic carbocycles. The summed E-state index contributed by atoms with van der Waals surface area (Å²) in [7, 11) is 0. The Morgan fingerprint density at radius 3 is 2.89 bits per heavy atom. The Bertz CT molecular complexity index is 525. The zero-order chi connectivity index (χ0) is 13.0. The maximum atomic E-state index is 5.84. The third-order valence-corrected chi connectivity index (χ3v) is 2.94. The minimum absolute atomic E-state index is 0.208. The summed E-state index contributed by atoms with van der Waals surface area (Å²) in [5, 5.41) is 1.20. The summed E-state index contributed by atoms with van der Waals surface area (Å²) in [4.78, 5) is 0. The van der Waals surface area contributed by atoms with Gasteiger partial charge in [-0.2, -0.15) is 0 Å². The summed E-state index contributed by atoms with van der Waals surface area (Å²) < 4.78 is 8.12. The maximum absolute atomic E-state index is 5.84. The van der Waals surface area contributed by atoms with Crippen LogP contribution in [0.25, 0.3) is 10.9 Å². The number of ether oxygens (including phenoxy) is 1. The average molecular weight is 243 g/mol. The summed E-state index contributed by atoms with van der Waals surface area (Å²) in [6.07, 6.45) is 6.50. The first-order valence-corrected chi connectivity index (χ1v) is 6.58. The highest BCUT2D eigenvalue weighted by atomic mass is 16.5. The van der Waals surface area contributed by atoms with Crippen molar-refractivity contribution < 1.29 is 4.74 Å². The molecule has 2 heteroatoms. The first-order valence-electron chi connectivity index (χ1n) is 6.58. The lowest BCUT2D eigenvalue weighted by molar-refractivity contribution is 0.245. The van der Waals surface area contributed by atoms with Crippen LogP contribution < -0.4 is 4.74 Å².